The molecule has 1 atom stereocenters. The summed E-state index contributed by atoms with van der Waals surface area (Å²) in [5.74, 6) is 0.749. The zero-order valence-corrected chi connectivity index (χ0v) is 15.3. The summed E-state index contributed by atoms with van der Waals surface area (Å²) in [4.78, 5) is 16.6. The number of nitrogens with one attached hydrogen (secondary N) is 1. The molecule has 3 aromatic rings. The van der Waals surface area contributed by atoms with Crippen LogP contribution in [-0.4, -0.2) is 30.3 Å². The van der Waals surface area contributed by atoms with Crippen molar-refractivity contribution in [2.24, 2.45) is 0 Å². The smallest absolute Gasteiger partial charge is 0.233 e. The number of carbonyl (C=O) groups is 1. The van der Waals surface area contributed by atoms with Gasteiger partial charge in [0, 0.05) is 18.5 Å². The number of fused-ring (bicyclic) bond motifs is 1. The Morgan fingerprint density at radius 2 is 1.92 bits per heavy atom. The quantitative estimate of drug-likeness (QED) is 0.701. The Morgan fingerprint density at radius 3 is 2.60 bits per heavy atom. The van der Waals surface area contributed by atoms with Crippen LogP contribution in [0.5, 0.6) is 5.75 Å². The molecule has 128 valence electrons. The maximum atomic E-state index is 11.9. The van der Waals surface area contributed by atoms with E-state index in [1.54, 1.807) is 14.2 Å². The van der Waals surface area contributed by atoms with Crippen LogP contribution in [-0.2, 0) is 4.79 Å². The second kappa shape index (κ2) is 7.57. The SMILES string of the molecule is CNC(=O)[C@H](C)Sc1cc(-c2ccccc2)c2ccc(OC)cc2n1. The fraction of sp³-hybridized carbons (Fsp3) is 0.200. The lowest BCUT2D eigenvalue weighted by atomic mass is 10.0. The number of carbonyl (C=O) groups excluding carboxylic acids is 1. The van der Waals surface area contributed by atoms with Crippen LogP contribution < -0.4 is 10.1 Å². The highest BCUT2D eigenvalue weighted by Crippen LogP contribution is 2.34. The predicted molar refractivity (Wildman–Crippen MR) is 103 cm³/mol. The van der Waals surface area contributed by atoms with Crippen molar-refractivity contribution < 1.29 is 9.53 Å². The number of ether oxygens (including phenoxy) is 1. The summed E-state index contributed by atoms with van der Waals surface area (Å²) in [5.41, 5.74) is 3.07. The fourth-order valence-corrected chi connectivity index (χ4v) is 3.59. The molecule has 0 saturated carbocycles. The van der Waals surface area contributed by atoms with Crippen molar-refractivity contribution in [2.45, 2.75) is 17.2 Å². The van der Waals surface area contributed by atoms with Gasteiger partial charge in [-0.25, -0.2) is 4.98 Å². The molecule has 0 fully saturated rings. The summed E-state index contributed by atoms with van der Waals surface area (Å²) < 4.78 is 5.33. The van der Waals surface area contributed by atoms with Gasteiger partial charge in [0.25, 0.3) is 0 Å². The first-order valence-corrected chi connectivity index (χ1v) is 8.93. The Balaban J connectivity index is 2.13. The van der Waals surface area contributed by atoms with Crippen LogP contribution in [0.15, 0.2) is 59.6 Å². The van der Waals surface area contributed by atoms with Gasteiger partial charge in [-0.05, 0) is 36.2 Å². The molecule has 0 aliphatic carbocycles. The lowest BCUT2D eigenvalue weighted by Gasteiger charge is -2.13. The molecule has 25 heavy (non-hydrogen) atoms. The average Bonchev–Trinajstić information content (AvgIpc) is 2.66. The van der Waals surface area contributed by atoms with E-state index in [1.165, 1.54) is 11.8 Å². The summed E-state index contributed by atoms with van der Waals surface area (Å²) >= 11 is 1.45. The van der Waals surface area contributed by atoms with Crippen molar-refractivity contribution >= 4 is 28.6 Å². The molecule has 2 aromatic carbocycles. The van der Waals surface area contributed by atoms with Crippen molar-refractivity contribution in [1.29, 1.82) is 0 Å². The fourth-order valence-electron chi connectivity index (χ4n) is 2.67. The van der Waals surface area contributed by atoms with Crippen LogP contribution in [0.1, 0.15) is 6.92 Å². The number of rotatable bonds is 5. The van der Waals surface area contributed by atoms with Crippen molar-refractivity contribution in [1.82, 2.24) is 10.3 Å². The molecule has 4 nitrogen and oxygen atoms in total. The summed E-state index contributed by atoms with van der Waals surface area (Å²) in [6, 6.07) is 18.1. The molecular weight excluding hydrogens is 332 g/mol. The van der Waals surface area contributed by atoms with Crippen LogP contribution in [0.3, 0.4) is 0 Å². The van der Waals surface area contributed by atoms with E-state index in [2.05, 4.69) is 17.4 Å². The van der Waals surface area contributed by atoms with Crippen LogP contribution in [0.4, 0.5) is 0 Å². The Bertz CT molecular complexity index is 897. The van der Waals surface area contributed by atoms with Crippen molar-refractivity contribution in [2.75, 3.05) is 14.2 Å². The minimum atomic E-state index is -0.218. The number of thioether (sulfide) groups is 1. The molecule has 1 aromatic heterocycles. The Kier molecular flexibility index (Phi) is 5.24. The van der Waals surface area contributed by atoms with Gasteiger partial charge in [-0.1, -0.05) is 42.1 Å². The minimum absolute atomic E-state index is 0.0150. The van der Waals surface area contributed by atoms with E-state index in [0.29, 0.717) is 0 Å². The Labute approximate surface area is 151 Å². The predicted octanol–water partition coefficient (Wildman–Crippen LogP) is 4.14. The number of benzene rings is 2. The van der Waals surface area contributed by atoms with Crippen molar-refractivity contribution in [3.05, 3.63) is 54.6 Å². The Morgan fingerprint density at radius 1 is 1.16 bits per heavy atom. The number of nitrogens with zero attached hydrogens (tertiary/aromatic N) is 1. The van der Waals surface area contributed by atoms with E-state index < -0.39 is 0 Å². The maximum absolute atomic E-state index is 11.9. The lowest BCUT2D eigenvalue weighted by molar-refractivity contribution is -0.119. The van der Waals surface area contributed by atoms with E-state index in [4.69, 9.17) is 9.72 Å². The van der Waals surface area contributed by atoms with Crippen LogP contribution in [0.2, 0.25) is 0 Å². The topological polar surface area (TPSA) is 51.2 Å². The highest BCUT2D eigenvalue weighted by molar-refractivity contribution is 8.00. The highest BCUT2D eigenvalue weighted by atomic mass is 32.2. The number of aromatic nitrogens is 1. The van der Waals surface area contributed by atoms with E-state index >= 15 is 0 Å². The van der Waals surface area contributed by atoms with Crippen LogP contribution in [0, 0.1) is 0 Å². The third-order valence-corrected chi connectivity index (χ3v) is 5.01. The van der Waals surface area contributed by atoms with Crippen LogP contribution >= 0.6 is 11.8 Å². The van der Waals surface area contributed by atoms with E-state index in [-0.39, 0.29) is 11.2 Å². The van der Waals surface area contributed by atoms with Crippen LogP contribution in [0.25, 0.3) is 22.0 Å². The first kappa shape index (κ1) is 17.3. The van der Waals surface area contributed by atoms with Gasteiger partial charge >= 0.3 is 0 Å². The number of amides is 1. The molecule has 1 amide bonds. The number of methoxy groups -OCH3 is 1. The monoisotopic (exact) mass is 352 g/mol. The maximum Gasteiger partial charge on any atom is 0.233 e. The third-order valence-electron chi connectivity index (χ3n) is 3.99. The van der Waals surface area contributed by atoms with Gasteiger partial charge in [-0.3, -0.25) is 4.79 Å². The highest BCUT2D eigenvalue weighted by Gasteiger charge is 2.16. The van der Waals surface area contributed by atoms with Gasteiger partial charge in [0.05, 0.1) is 22.9 Å². The molecule has 0 saturated heterocycles. The molecule has 3 rings (SSSR count). The second-order valence-electron chi connectivity index (χ2n) is 5.63. The van der Waals surface area contributed by atoms with Gasteiger partial charge in [0.2, 0.25) is 5.91 Å². The summed E-state index contributed by atoms with van der Waals surface area (Å²) in [6.45, 7) is 1.88. The lowest BCUT2D eigenvalue weighted by Crippen LogP contribution is -2.27. The third kappa shape index (κ3) is 3.77. The molecule has 0 unspecified atom stereocenters. The minimum Gasteiger partial charge on any atom is -0.497 e. The van der Waals surface area contributed by atoms with E-state index in [0.717, 1.165) is 32.8 Å². The van der Waals surface area contributed by atoms with Gasteiger partial charge < -0.3 is 10.1 Å². The number of pyridine rings is 1. The van der Waals surface area contributed by atoms with Gasteiger partial charge in [0.1, 0.15) is 5.75 Å². The zero-order chi connectivity index (χ0) is 17.8. The van der Waals surface area contributed by atoms with Crippen molar-refractivity contribution in [3.63, 3.8) is 0 Å². The summed E-state index contributed by atoms with van der Waals surface area (Å²) in [7, 11) is 3.29. The summed E-state index contributed by atoms with van der Waals surface area (Å²) in [6.07, 6.45) is 0. The number of hydrogen-bond donors (Lipinski definition) is 1. The first-order valence-electron chi connectivity index (χ1n) is 8.05. The van der Waals surface area contributed by atoms with Gasteiger partial charge in [0.15, 0.2) is 0 Å². The van der Waals surface area contributed by atoms with Gasteiger partial charge in [-0.2, -0.15) is 0 Å². The van der Waals surface area contributed by atoms with E-state index in [1.807, 2.05) is 49.4 Å². The first-order chi connectivity index (χ1) is 12.1. The Hall–Kier alpha value is -2.53. The second-order valence-corrected chi connectivity index (χ2v) is 6.99. The molecule has 5 heteroatoms. The normalized spacial score (nSPS) is 12.0. The zero-order valence-electron chi connectivity index (χ0n) is 14.4. The molecule has 1 N–H and O–H groups in total. The molecule has 0 radical (unpaired) electrons. The molecular formula is C20H20N2O2S. The largest absolute Gasteiger partial charge is 0.497 e. The molecule has 0 aliphatic rings. The van der Waals surface area contributed by atoms with Gasteiger partial charge in [-0.15, -0.1) is 0 Å². The standard InChI is InChI=1S/C20H20N2O2S/c1-13(20(23)21-2)25-19-12-17(14-7-5-4-6-8-14)16-10-9-15(24-3)11-18(16)22-19/h4-13H,1-3H3,(H,21,23)/t13-/m0/s1. The molecule has 0 bridgehead atoms. The van der Waals surface area contributed by atoms with Crippen molar-refractivity contribution in [3.8, 4) is 16.9 Å². The molecule has 1 heterocycles. The molecule has 0 spiro atoms. The summed E-state index contributed by atoms with van der Waals surface area (Å²) in [5, 5.41) is 4.34. The van der Waals surface area contributed by atoms with E-state index in [9.17, 15) is 4.79 Å². The average molecular weight is 352 g/mol. The number of hydrogen-bond acceptors (Lipinski definition) is 4. The molecule has 0 aliphatic heterocycles.